The van der Waals surface area contributed by atoms with Gasteiger partial charge in [0, 0.05) is 38.6 Å². The smallest absolute Gasteiger partial charge is 0.280 e. The molecule has 3 aromatic rings. The first-order valence-corrected chi connectivity index (χ1v) is 10.3. The zero-order valence-electron chi connectivity index (χ0n) is 17.6. The Morgan fingerprint density at radius 3 is 2.55 bits per heavy atom. The fraction of sp³-hybridized carbons (Fsp3) is 0.304. The van der Waals surface area contributed by atoms with E-state index in [0.717, 1.165) is 30.8 Å². The van der Waals surface area contributed by atoms with Crippen molar-refractivity contribution in [3.63, 3.8) is 0 Å². The number of piperazine rings is 1. The minimum absolute atomic E-state index is 0.0393. The molecule has 1 aliphatic rings. The van der Waals surface area contributed by atoms with Gasteiger partial charge in [0.1, 0.15) is 0 Å². The normalized spacial score (nSPS) is 14.4. The van der Waals surface area contributed by atoms with Gasteiger partial charge < -0.3 is 9.80 Å². The molecule has 0 radical (unpaired) electrons. The summed E-state index contributed by atoms with van der Waals surface area (Å²) in [5, 5.41) is 12.0. The molecule has 2 aromatic heterocycles. The number of carbonyl (C=O) groups excluding carboxylic acids is 1. The Balaban J connectivity index is 1.55. The van der Waals surface area contributed by atoms with Gasteiger partial charge in [-0.3, -0.25) is 14.7 Å². The second-order valence-electron chi connectivity index (χ2n) is 7.60. The Kier molecular flexibility index (Phi) is 5.69. The molecule has 0 spiro atoms. The molecule has 1 aromatic carbocycles. The molecule has 0 saturated carbocycles. The Hall–Kier alpha value is -3.70. The van der Waals surface area contributed by atoms with Gasteiger partial charge in [0.15, 0.2) is 5.82 Å². The van der Waals surface area contributed by atoms with E-state index in [1.807, 2.05) is 11.8 Å². The van der Waals surface area contributed by atoms with Crippen molar-refractivity contribution < 1.29 is 4.79 Å². The third-order valence-electron chi connectivity index (χ3n) is 5.75. The van der Waals surface area contributed by atoms with E-state index >= 15 is 0 Å². The van der Waals surface area contributed by atoms with Crippen LogP contribution in [0.1, 0.15) is 28.4 Å². The first-order chi connectivity index (χ1) is 15.0. The standard InChI is InChI=1S/C23H24N6O2/c1-3-27-8-10-28(11-9-27)22(30)18-5-7-21(25-14-18)29-23(31)20(15-26-29)19-6-4-17(13-24)12-16(19)2/h4-7,12,14-15,26H,3,8-11H2,1-2H3. The van der Waals surface area contributed by atoms with Crippen molar-refractivity contribution in [1.29, 1.82) is 5.26 Å². The summed E-state index contributed by atoms with van der Waals surface area (Å²) in [6.45, 7) is 8.15. The number of amides is 1. The molecule has 1 aliphatic heterocycles. The van der Waals surface area contributed by atoms with Gasteiger partial charge in [-0.05, 0) is 48.9 Å². The minimum Gasteiger partial charge on any atom is -0.336 e. The topological polar surface area (TPSA) is 98.0 Å². The molecule has 1 amide bonds. The molecule has 8 nitrogen and oxygen atoms in total. The first-order valence-electron chi connectivity index (χ1n) is 10.3. The number of aryl methyl sites for hydroxylation is 1. The zero-order valence-corrected chi connectivity index (χ0v) is 17.6. The molecule has 8 heteroatoms. The number of nitrogens with zero attached hydrogens (tertiary/aromatic N) is 5. The van der Waals surface area contributed by atoms with Gasteiger partial charge in [-0.2, -0.15) is 5.26 Å². The number of H-pyrrole nitrogens is 1. The number of carbonyl (C=O) groups is 1. The van der Waals surface area contributed by atoms with Crippen LogP contribution in [0, 0.1) is 18.3 Å². The highest BCUT2D eigenvalue weighted by atomic mass is 16.2. The molecule has 0 atom stereocenters. The van der Waals surface area contributed by atoms with E-state index in [1.54, 1.807) is 36.5 Å². The highest BCUT2D eigenvalue weighted by molar-refractivity contribution is 5.94. The number of hydrogen-bond acceptors (Lipinski definition) is 5. The Morgan fingerprint density at radius 1 is 1.16 bits per heavy atom. The van der Waals surface area contributed by atoms with E-state index in [-0.39, 0.29) is 11.5 Å². The number of pyridine rings is 1. The van der Waals surface area contributed by atoms with Crippen LogP contribution in [0.4, 0.5) is 0 Å². The summed E-state index contributed by atoms with van der Waals surface area (Å²) in [6, 6.07) is 10.7. The molecule has 0 bridgehead atoms. The van der Waals surface area contributed by atoms with Crippen molar-refractivity contribution in [1.82, 2.24) is 24.6 Å². The molecule has 4 rings (SSSR count). The van der Waals surface area contributed by atoms with Crippen molar-refractivity contribution in [2.24, 2.45) is 0 Å². The fourth-order valence-electron chi connectivity index (χ4n) is 3.86. The van der Waals surface area contributed by atoms with Crippen LogP contribution in [-0.2, 0) is 0 Å². The number of hydrogen-bond donors (Lipinski definition) is 1. The van der Waals surface area contributed by atoms with Crippen molar-refractivity contribution in [3.05, 3.63) is 69.8 Å². The predicted octanol–water partition coefficient (Wildman–Crippen LogP) is 2.19. The van der Waals surface area contributed by atoms with E-state index in [9.17, 15) is 9.59 Å². The van der Waals surface area contributed by atoms with Crippen LogP contribution in [0.25, 0.3) is 16.9 Å². The molecule has 3 heterocycles. The Bertz CT molecular complexity index is 1190. The molecule has 31 heavy (non-hydrogen) atoms. The van der Waals surface area contributed by atoms with Crippen LogP contribution in [0.3, 0.4) is 0 Å². The minimum atomic E-state index is -0.241. The summed E-state index contributed by atoms with van der Waals surface area (Å²) in [6.07, 6.45) is 3.15. The quantitative estimate of drug-likeness (QED) is 0.703. The van der Waals surface area contributed by atoms with Crippen LogP contribution in [0.15, 0.2) is 47.5 Å². The summed E-state index contributed by atoms with van der Waals surface area (Å²) in [4.78, 5) is 34.2. The summed E-state index contributed by atoms with van der Waals surface area (Å²) < 4.78 is 1.35. The summed E-state index contributed by atoms with van der Waals surface area (Å²) >= 11 is 0. The van der Waals surface area contributed by atoms with Crippen LogP contribution in [0.5, 0.6) is 0 Å². The van der Waals surface area contributed by atoms with Crippen LogP contribution in [0.2, 0.25) is 0 Å². The van der Waals surface area contributed by atoms with E-state index in [0.29, 0.717) is 35.6 Å². The van der Waals surface area contributed by atoms with Gasteiger partial charge >= 0.3 is 0 Å². The SMILES string of the molecule is CCN1CCN(C(=O)c2ccc(-n3[nH]cc(-c4ccc(C#N)cc4C)c3=O)nc2)CC1. The lowest BCUT2D eigenvalue weighted by Crippen LogP contribution is -2.48. The lowest BCUT2D eigenvalue weighted by molar-refractivity contribution is 0.0643. The van der Waals surface area contributed by atoms with E-state index < -0.39 is 0 Å². The molecule has 1 N–H and O–H groups in total. The van der Waals surface area contributed by atoms with Gasteiger partial charge in [-0.25, -0.2) is 9.67 Å². The second-order valence-corrected chi connectivity index (χ2v) is 7.60. The van der Waals surface area contributed by atoms with Gasteiger partial charge in [-0.1, -0.05) is 13.0 Å². The van der Waals surface area contributed by atoms with E-state index in [4.69, 9.17) is 5.26 Å². The molecule has 1 saturated heterocycles. The summed E-state index contributed by atoms with van der Waals surface area (Å²) in [7, 11) is 0. The van der Waals surface area contributed by atoms with Crippen LogP contribution < -0.4 is 5.56 Å². The number of likely N-dealkylation sites (N-methyl/N-ethyl adjacent to an activating group) is 1. The second kappa shape index (κ2) is 8.58. The average molecular weight is 416 g/mol. The molecule has 0 aliphatic carbocycles. The highest BCUT2D eigenvalue weighted by Gasteiger charge is 2.22. The maximum Gasteiger partial charge on any atom is 0.280 e. The summed E-state index contributed by atoms with van der Waals surface area (Å²) in [5.41, 5.74) is 2.93. The van der Waals surface area contributed by atoms with Crippen molar-refractivity contribution in [2.45, 2.75) is 13.8 Å². The molecule has 1 fully saturated rings. The van der Waals surface area contributed by atoms with Gasteiger partial charge in [0.25, 0.3) is 11.5 Å². The Morgan fingerprint density at radius 2 is 1.94 bits per heavy atom. The van der Waals surface area contributed by atoms with Gasteiger partial charge in [-0.15, -0.1) is 0 Å². The van der Waals surface area contributed by atoms with Crippen molar-refractivity contribution >= 4 is 5.91 Å². The first kappa shape index (κ1) is 20.6. The number of aromatic amines is 1. The lowest BCUT2D eigenvalue weighted by Gasteiger charge is -2.34. The number of nitriles is 1. The fourth-order valence-corrected chi connectivity index (χ4v) is 3.86. The predicted molar refractivity (Wildman–Crippen MR) is 117 cm³/mol. The monoisotopic (exact) mass is 416 g/mol. The molecule has 158 valence electrons. The van der Waals surface area contributed by atoms with E-state index in [2.05, 4.69) is 28.0 Å². The highest BCUT2D eigenvalue weighted by Crippen LogP contribution is 2.21. The number of benzene rings is 1. The summed E-state index contributed by atoms with van der Waals surface area (Å²) in [5.74, 6) is 0.373. The average Bonchev–Trinajstić information content (AvgIpc) is 3.19. The van der Waals surface area contributed by atoms with E-state index in [1.165, 1.54) is 10.9 Å². The van der Waals surface area contributed by atoms with Crippen LogP contribution >= 0.6 is 0 Å². The molecular weight excluding hydrogens is 392 g/mol. The van der Waals surface area contributed by atoms with Crippen LogP contribution in [-0.4, -0.2) is 63.2 Å². The third-order valence-corrected chi connectivity index (χ3v) is 5.75. The molecule has 0 unspecified atom stereocenters. The zero-order chi connectivity index (χ0) is 22.0. The van der Waals surface area contributed by atoms with Crippen molar-refractivity contribution in [2.75, 3.05) is 32.7 Å². The van der Waals surface area contributed by atoms with Gasteiger partial charge in [0.2, 0.25) is 0 Å². The van der Waals surface area contributed by atoms with Crippen molar-refractivity contribution in [3.8, 4) is 23.0 Å². The number of nitrogens with one attached hydrogen (secondary N) is 1. The Labute approximate surface area is 180 Å². The van der Waals surface area contributed by atoms with Gasteiger partial charge in [0.05, 0.1) is 22.8 Å². The number of rotatable bonds is 4. The maximum absolute atomic E-state index is 12.9. The largest absolute Gasteiger partial charge is 0.336 e. The maximum atomic E-state index is 12.9. The lowest BCUT2D eigenvalue weighted by atomic mass is 10.0. The molecular formula is C23H24N6O2. The number of aromatic nitrogens is 3. The third kappa shape index (κ3) is 4.00.